The molecular formula is C37H38N2O2. The van der Waals surface area contributed by atoms with Crippen LogP contribution >= 0.6 is 0 Å². The van der Waals surface area contributed by atoms with Crippen LogP contribution in [0.15, 0.2) is 97.1 Å². The zero-order valence-corrected chi connectivity index (χ0v) is 23.8. The van der Waals surface area contributed by atoms with E-state index in [-0.39, 0.29) is 17.6 Å². The Hall–Kier alpha value is -4.18. The maximum Gasteiger partial charge on any atom is 0.227 e. The number of benzene rings is 4. The van der Waals surface area contributed by atoms with E-state index in [0.717, 1.165) is 67.6 Å². The summed E-state index contributed by atoms with van der Waals surface area (Å²) < 4.78 is 0. The van der Waals surface area contributed by atoms with Gasteiger partial charge in [-0.05, 0) is 77.1 Å². The lowest BCUT2D eigenvalue weighted by molar-refractivity contribution is -0.124. The summed E-state index contributed by atoms with van der Waals surface area (Å²) in [6, 6.07) is 33.3. The Morgan fingerprint density at radius 2 is 1.54 bits per heavy atom. The van der Waals surface area contributed by atoms with Crippen LogP contribution in [0.3, 0.4) is 0 Å². The van der Waals surface area contributed by atoms with Gasteiger partial charge in [0.05, 0.1) is 5.92 Å². The van der Waals surface area contributed by atoms with E-state index >= 15 is 0 Å². The number of rotatable bonds is 9. The van der Waals surface area contributed by atoms with Gasteiger partial charge in [0, 0.05) is 37.3 Å². The molecule has 6 rings (SSSR count). The number of Topliss-reactive ketones (excluding diaryl/α,β-unsaturated/α-hetero) is 1. The zero-order valence-electron chi connectivity index (χ0n) is 23.8. The Balaban J connectivity index is 1.09. The number of piperidine rings is 1. The summed E-state index contributed by atoms with van der Waals surface area (Å²) in [4.78, 5) is 29.0. The van der Waals surface area contributed by atoms with Crippen molar-refractivity contribution in [3.63, 3.8) is 0 Å². The summed E-state index contributed by atoms with van der Waals surface area (Å²) in [5.41, 5.74) is 9.09. The van der Waals surface area contributed by atoms with Crippen molar-refractivity contribution in [2.45, 2.75) is 44.9 Å². The first kappa shape index (κ1) is 27.0. The van der Waals surface area contributed by atoms with Crippen molar-refractivity contribution in [3.05, 3.63) is 125 Å². The summed E-state index contributed by atoms with van der Waals surface area (Å²) in [5.74, 6) is 0.543. The Morgan fingerprint density at radius 1 is 0.829 bits per heavy atom. The molecule has 1 heterocycles. The maximum atomic E-state index is 13.4. The van der Waals surface area contributed by atoms with Crippen molar-refractivity contribution >= 4 is 17.4 Å². The van der Waals surface area contributed by atoms with Crippen molar-refractivity contribution < 1.29 is 9.59 Å². The van der Waals surface area contributed by atoms with Crippen LogP contribution in [0.25, 0.3) is 11.1 Å². The molecule has 0 radical (unpaired) electrons. The number of carbonyl (C=O) groups is 2. The highest BCUT2D eigenvalue weighted by atomic mass is 16.2. The fraction of sp³-hybridized carbons (Fsp3) is 0.297. The number of hydrogen-bond acceptors (Lipinski definition) is 3. The topological polar surface area (TPSA) is 49.4 Å². The van der Waals surface area contributed by atoms with Crippen LogP contribution < -0.4 is 10.2 Å². The molecule has 1 unspecified atom stereocenters. The minimum absolute atomic E-state index is 0.106. The lowest BCUT2D eigenvalue weighted by Crippen LogP contribution is -2.40. The number of amides is 1. The molecule has 0 aromatic heterocycles. The third kappa shape index (κ3) is 5.69. The van der Waals surface area contributed by atoms with Crippen LogP contribution in [-0.4, -0.2) is 31.3 Å². The van der Waals surface area contributed by atoms with Gasteiger partial charge in [-0.1, -0.05) is 91.9 Å². The number of anilines is 1. The molecule has 1 saturated heterocycles. The summed E-state index contributed by atoms with van der Waals surface area (Å²) in [7, 11) is 0. The normalized spacial score (nSPS) is 15.2. The Kier molecular flexibility index (Phi) is 8.00. The molecule has 4 aromatic carbocycles. The maximum absolute atomic E-state index is 13.4. The smallest absolute Gasteiger partial charge is 0.227 e. The van der Waals surface area contributed by atoms with Gasteiger partial charge in [-0.2, -0.15) is 0 Å². The minimum Gasteiger partial charge on any atom is -0.372 e. The molecule has 208 valence electrons. The van der Waals surface area contributed by atoms with Crippen LogP contribution in [-0.2, 0) is 17.6 Å². The predicted molar refractivity (Wildman–Crippen MR) is 167 cm³/mol. The van der Waals surface area contributed by atoms with Crippen LogP contribution in [0.1, 0.15) is 64.7 Å². The standard InChI is InChI=1S/C37H38N2O2/c1-2-21-38-37(41)36(27-9-4-3-5-10-27)28-19-22-39(23-20-28)30-17-15-26(16-18-30)24-35(40)33-14-8-13-32-31-12-7-6-11-29(31)25-34(32)33/h3-18,28,36H,2,19-25H2,1H3,(H,38,41). The molecule has 1 fully saturated rings. The van der Waals surface area contributed by atoms with E-state index in [1.807, 2.05) is 30.3 Å². The Labute approximate surface area is 243 Å². The van der Waals surface area contributed by atoms with Gasteiger partial charge in [0.1, 0.15) is 0 Å². The van der Waals surface area contributed by atoms with Crippen molar-refractivity contribution in [1.29, 1.82) is 0 Å². The molecule has 0 spiro atoms. The van der Waals surface area contributed by atoms with Crippen LogP contribution in [0.5, 0.6) is 0 Å². The second-order valence-electron chi connectivity index (χ2n) is 11.4. The molecule has 2 aliphatic rings. The first-order valence-electron chi connectivity index (χ1n) is 15.0. The van der Waals surface area contributed by atoms with Crippen LogP contribution in [0, 0.1) is 5.92 Å². The average Bonchev–Trinajstić information content (AvgIpc) is 3.40. The third-order valence-electron chi connectivity index (χ3n) is 8.82. The summed E-state index contributed by atoms with van der Waals surface area (Å²) in [5, 5.41) is 3.14. The van der Waals surface area contributed by atoms with Gasteiger partial charge in [0.15, 0.2) is 5.78 Å². The van der Waals surface area contributed by atoms with Crippen LogP contribution in [0.4, 0.5) is 5.69 Å². The fourth-order valence-electron chi connectivity index (χ4n) is 6.67. The van der Waals surface area contributed by atoms with E-state index in [0.29, 0.717) is 12.3 Å². The average molecular weight is 543 g/mol. The van der Waals surface area contributed by atoms with Crippen molar-refractivity contribution in [2.24, 2.45) is 5.92 Å². The van der Waals surface area contributed by atoms with Gasteiger partial charge in [-0.3, -0.25) is 9.59 Å². The number of hydrogen-bond donors (Lipinski definition) is 1. The second kappa shape index (κ2) is 12.1. The van der Waals surface area contributed by atoms with Crippen molar-refractivity contribution in [3.8, 4) is 11.1 Å². The molecule has 1 atom stereocenters. The van der Waals surface area contributed by atoms with Crippen LogP contribution in [0.2, 0.25) is 0 Å². The number of ketones is 1. The van der Waals surface area contributed by atoms with Gasteiger partial charge in [-0.15, -0.1) is 0 Å². The van der Waals surface area contributed by atoms with Gasteiger partial charge in [0.2, 0.25) is 5.91 Å². The zero-order chi connectivity index (χ0) is 28.2. The number of nitrogens with one attached hydrogen (secondary N) is 1. The lowest BCUT2D eigenvalue weighted by Gasteiger charge is -2.37. The SMILES string of the molecule is CCCNC(=O)C(c1ccccc1)C1CCN(c2ccc(CC(=O)c3cccc4c3Cc3ccccc3-4)cc2)CC1. The van der Waals surface area contributed by atoms with Gasteiger partial charge in [-0.25, -0.2) is 0 Å². The molecule has 0 bridgehead atoms. The molecule has 1 aliphatic carbocycles. The van der Waals surface area contributed by atoms with E-state index in [1.54, 1.807) is 0 Å². The van der Waals surface area contributed by atoms with Crippen molar-refractivity contribution in [1.82, 2.24) is 5.32 Å². The molecule has 1 N–H and O–H groups in total. The summed E-state index contributed by atoms with van der Waals surface area (Å²) in [6.45, 7) is 4.65. The molecule has 4 heteroatoms. The van der Waals surface area contributed by atoms with E-state index in [9.17, 15) is 9.59 Å². The highest BCUT2D eigenvalue weighted by molar-refractivity contribution is 6.01. The second-order valence-corrected chi connectivity index (χ2v) is 11.4. The van der Waals surface area contributed by atoms with Gasteiger partial charge < -0.3 is 10.2 Å². The quantitative estimate of drug-likeness (QED) is 0.200. The first-order valence-corrected chi connectivity index (χ1v) is 15.0. The highest BCUT2D eigenvalue weighted by Gasteiger charge is 2.32. The summed E-state index contributed by atoms with van der Waals surface area (Å²) >= 11 is 0. The minimum atomic E-state index is -0.106. The number of carbonyl (C=O) groups excluding carboxylic acids is 2. The largest absolute Gasteiger partial charge is 0.372 e. The number of nitrogens with zero attached hydrogens (tertiary/aromatic N) is 1. The van der Waals surface area contributed by atoms with Crippen molar-refractivity contribution in [2.75, 3.05) is 24.5 Å². The number of fused-ring (bicyclic) bond motifs is 3. The van der Waals surface area contributed by atoms with E-state index < -0.39 is 0 Å². The molecule has 4 nitrogen and oxygen atoms in total. The van der Waals surface area contributed by atoms with Gasteiger partial charge in [0.25, 0.3) is 0 Å². The molecular weight excluding hydrogens is 504 g/mol. The van der Waals surface area contributed by atoms with E-state index in [2.05, 4.69) is 83.9 Å². The predicted octanol–water partition coefficient (Wildman–Crippen LogP) is 7.21. The fourth-order valence-corrected chi connectivity index (χ4v) is 6.67. The van der Waals surface area contributed by atoms with E-state index in [1.165, 1.54) is 22.4 Å². The molecule has 0 saturated carbocycles. The Morgan fingerprint density at radius 3 is 2.29 bits per heavy atom. The highest BCUT2D eigenvalue weighted by Crippen LogP contribution is 2.39. The summed E-state index contributed by atoms with van der Waals surface area (Å²) in [6.07, 6.45) is 4.12. The molecule has 1 amide bonds. The third-order valence-corrected chi connectivity index (χ3v) is 8.82. The van der Waals surface area contributed by atoms with Gasteiger partial charge >= 0.3 is 0 Å². The molecule has 1 aliphatic heterocycles. The monoisotopic (exact) mass is 542 g/mol. The van der Waals surface area contributed by atoms with E-state index in [4.69, 9.17) is 0 Å². The molecule has 4 aromatic rings. The Bertz CT molecular complexity index is 1520. The lowest BCUT2D eigenvalue weighted by atomic mass is 9.79. The molecule has 41 heavy (non-hydrogen) atoms. The first-order chi connectivity index (χ1) is 20.1.